The largest absolute Gasteiger partial charge is 0.443 e. The van der Waals surface area contributed by atoms with E-state index in [4.69, 9.17) is 5.73 Å². The number of carbonyl (C=O) groups is 1. The lowest BCUT2D eigenvalue weighted by Crippen LogP contribution is -2.37. The average molecular weight is 278 g/mol. The van der Waals surface area contributed by atoms with Crippen LogP contribution < -0.4 is 5.73 Å². The normalized spacial score (nSPS) is 25.1. The number of halogens is 3. The molecule has 100 valence electrons. The number of nitrogens with zero attached hydrogens (tertiary/aromatic N) is 1. The van der Waals surface area contributed by atoms with Gasteiger partial charge in [0.2, 0.25) is 0 Å². The fourth-order valence-corrected chi connectivity index (χ4v) is 2.97. The lowest BCUT2D eigenvalue weighted by molar-refractivity contribution is -0.137. The first-order chi connectivity index (χ1) is 8.39. The molecule has 1 heterocycles. The quantitative estimate of drug-likeness (QED) is 0.846. The molecular formula is C11H13F3N2OS. The van der Waals surface area contributed by atoms with Gasteiger partial charge in [-0.05, 0) is 12.8 Å². The Labute approximate surface area is 106 Å². The fraction of sp³-hybridized carbons (Fsp3) is 0.636. The number of Topliss-reactive ketones (excluding diaryl/α,β-unsaturated/α-hetero) is 1. The Morgan fingerprint density at radius 3 is 2.61 bits per heavy atom. The zero-order valence-corrected chi connectivity index (χ0v) is 10.4. The number of hydrogen-bond donors (Lipinski definition) is 1. The fourth-order valence-electron chi connectivity index (χ4n) is 2.19. The van der Waals surface area contributed by atoms with Gasteiger partial charge in [-0.25, -0.2) is 4.98 Å². The van der Waals surface area contributed by atoms with Crippen molar-refractivity contribution in [1.29, 1.82) is 0 Å². The summed E-state index contributed by atoms with van der Waals surface area (Å²) in [6.45, 7) is 0. The topological polar surface area (TPSA) is 56.0 Å². The summed E-state index contributed by atoms with van der Waals surface area (Å²) in [5.74, 6) is -0.657. The molecule has 1 aliphatic rings. The molecule has 1 saturated carbocycles. The maximum absolute atomic E-state index is 12.4. The summed E-state index contributed by atoms with van der Waals surface area (Å²) in [5.41, 5.74) is 5.85. The summed E-state index contributed by atoms with van der Waals surface area (Å²) >= 11 is 0.402. The van der Waals surface area contributed by atoms with Crippen LogP contribution in [0.3, 0.4) is 0 Å². The first-order valence-corrected chi connectivity index (χ1v) is 6.54. The lowest BCUT2D eigenvalue weighted by atomic mass is 9.82. The van der Waals surface area contributed by atoms with Gasteiger partial charge in [0.25, 0.3) is 0 Å². The van der Waals surface area contributed by atoms with Crippen molar-refractivity contribution in [2.45, 2.75) is 37.9 Å². The molecule has 1 aromatic rings. The van der Waals surface area contributed by atoms with Crippen molar-refractivity contribution in [2.24, 2.45) is 11.7 Å². The zero-order chi connectivity index (χ0) is 13.3. The van der Waals surface area contributed by atoms with Crippen LogP contribution in [0.4, 0.5) is 13.2 Å². The third-order valence-corrected chi connectivity index (χ3v) is 4.20. The molecule has 0 bridgehead atoms. The van der Waals surface area contributed by atoms with Crippen LogP contribution in [0.5, 0.6) is 0 Å². The van der Waals surface area contributed by atoms with Crippen LogP contribution in [-0.2, 0) is 6.18 Å². The number of alkyl halides is 3. The summed E-state index contributed by atoms with van der Waals surface area (Å²) in [6, 6.07) is -0.248. The molecule has 7 heteroatoms. The first-order valence-electron chi connectivity index (χ1n) is 5.72. The standard InChI is InChI=1S/C11H13F3N2OS/c12-11(13,14)10-16-5-8(18-10)9(17)6-3-1-2-4-7(6)15/h5-7H,1-4,15H2. The van der Waals surface area contributed by atoms with E-state index >= 15 is 0 Å². The van der Waals surface area contributed by atoms with Crippen LogP contribution >= 0.6 is 11.3 Å². The molecule has 1 aliphatic carbocycles. The molecule has 0 radical (unpaired) electrons. The smallest absolute Gasteiger partial charge is 0.327 e. The SMILES string of the molecule is NC1CCCCC1C(=O)c1cnc(C(F)(F)F)s1. The van der Waals surface area contributed by atoms with Crippen molar-refractivity contribution in [1.82, 2.24) is 4.98 Å². The van der Waals surface area contributed by atoms with Gasteiger partial charge in [-0.3, -0.25) is 4.79 Å². The van der Waals surface area contributed by atoms with E-state index < -0.39 is 11.2 Å². The van der Waals surface area contributed by atoms with E-state index in [-0.39, 0.29) is 22.6 Å². The summed E-state index contributed by atoms with van der Waals surface area (Å²) in [4.78, 5) is 15.4. The van der Waals surface area contributed by atoms with Crippen LogP contribution in [0.25, 0.3) is 0 Å². The van der Waals surface area contributed by atoms with Crippen LogP contribution in [0.2, 0.25) is 0 Å². The Bertz CT molecular complexity index is 444. The maximum atomic E-state index is 12.4. The number of carbonyl (C=O) groups excluding carboxylic acids is 1. The molecule has 0 spiro atoms. The highest BCUT2D eigenvalue weighted by molar-refractivity contribution is 7.13. The number of hydrogen-bond acceptors (Lipinski definition) is 4. The van der Waals surface area contributed by atoms with E-state index in [1.54, 1.807) is 0 Å². The van der Waals surface area contributed by atoms with E-state index in [2.05, 4.69) is 4.98 Å². The third kappa shape index (κ3) is 2.72. The van der Waals surface area contributed by atoms with Crippen LogP contribution in [0, 0.1) is 5.92 Å². The van der Waals surface area contributed by atoms with E-state index in [9.17, 15) is 18.0 Å². The molecule has 2 rings (SSSR count). The highest BCUT2D eigenvalue weighted by atomic mass is 32.1. The van der Waals surface area contributed by atoms with Gasteiger partial charge in [-0.1, -0.05) is 12.8 Å². The first kappa shape index (κ1) is 13.5. The number of rotatable bonds is 2. The van der Waals surface area contributed by atoms with Gasteiger partial charge in [0.15, 0.2) is 10.8 Å². The number of ketones is 1. The van der Waals surface area contributed by atoms with Crippen LogP contribution in [0.15, 0.2) is 6.20 Å². The molecule has 0 amide bonds. The number of thiazole rings is 1. The van der Waals surface area contributed by atoms with Gasteiger partial charge in [-0.2, -0.15) is 13.2 Å². The Morgan fingerprint density at radius 1 is 1.39 bits per heavy atom. The Hall–Kier alpha value is -0.950. The maximum Gasteiger partial charge on any atom is 0.443 e. The van der Waals surface area contributed by atoms with E-state index in [1.165, 1.54) is 0 Å². The van der Waals surface area contributed by atoms with Crippen molar-refractivity contribution in [2.75, 3.05) is 0 Å². The predicted octanol–water partition coefficient (Wildman–Crippen LogP) is 2.86. The van der Waals surface area contributed by atoms with Gasteiger partial charge in [-0.15, -0.1) is 11.3 Å². The third-order valence-electron chi connectivity index (χ3n) is 3.15. The monoisotopic (exact) mass is 278 g/mol. The van der Waals surface area contributed by atoms with E-state index in [0.717, 1.165) is 25.5 Å². The van der Waals surface area contributed by atoms with Crippen LogP contribution in [0.1, 0.15) is 40.4 Å². The lowest BCUT2D eigenvalue weighted by Gasteiger charge is -2.26. The Balaban J connectivity index is 2.16. The molecule has 1 fully saturated rings. The van der Waals surface area contributed by atoms with Crippen molar-refractivity contribution in [3.8, 4) is 0 Å². The highest BCUT2D eigenvalue weighted by Crippen LogP contribution is 2.34. The molecule has 2 atom stereocenters. The molecule has 18 heavy (non-hydrogen) atoms. The minimum absolute atomic E-state index is 0.0599. The van der Waals surface area contributed by atoms with Crippen molar-refractivity contribution in [3.63, 3.8) is 0 Å². The summed E-state index contributed by atoms with van der Waals surface area (Å²) in [6.07, 6.45) is -0.202. The van der Waals surface area contributed by atoms with Crippen molar-refractivity contribution >= 4 is 17.1 Å². The van der Waals surface area contributed by atoms with Gasteiger partial charge in [0.1, 0.15) is 0 Å². The molecule has 3 nitrogen and oxygen atoms in total. The minimum Gasteiger partial charge on any atom is -0.327 e. The van der Waals surface area contributed by atoms with Crippen molar-refractivity contribution < 1.29 is 18.0 Å². The second-order valence-corrected chi connectivity index (χ2v) is 5.48. The molecule has 0 aromatic carbocycles. The van der Waals surface area contributed by atoms with Crippen LogP contribution in [-0.4, -0.2) is 16.8 Å². The van der Waals surface area contributed by atoms with Gasteiger partial charge in [0.05, 0.1) is 4.88 Å². The summed E-state index contributed by atoms with van der Waals surface area (Å²) in [5, 5.41) is -0.977. The molecule has 2 N–H and O–H groups in total. The van der Waals surface area contributed by atoms with E-state index in [1.807, 2.05) is 0 Å². The summed E-state index contributed by atoms with van der Waals surface area (Å²) < 4.78 is 37.2. The molecular weight excluding hydrogens is 265 g/mol. The highest BCUT2D eigenvalue weighted by Gasteiger charge is 2.37. The van der Waals surface area contributed by atoms with Gasteiger partial charge >= 0.3 is 6.18 Å². The second-order valence-electron chi connectivity index (χ2n) is 4.45. The zero-order valence-electron chi connectivity index (χ0n) is 9.54. The predicted molar refractivity (Wildman–Crippen MR) is 61.4 cm³/mol. The minimum atomic E-state index is -4.49. The van der Waals surface area contributed by atoms with Gasteiger partial charge < -0.3 is 5.73 Å². The molecule has 0 saturated heterocycles. The molecule has 2 unspecified atom stereocenters. The van der Waals surface area contributed by atoms with E-state index in [0.29, 0.717) is 17.8 Å². The summed E-state index contributed by atoms with van der Waals surface area (Å²) in [7, 11) is 0. The van der Waals surface area contributed by atoms with Gasteiger partial charge in [0, 0.05) is 18.2 Å². The molecule has 1 aromatic heterocycles. The Morgan fingerprint density at radius 2 is 2.06 bits per heavy atom. The number of aromatic nitrogens is 1. The Kier molecular flexibility index (Phi) is 3.72. The number of nitrogens with two attached hydrogens (primary N) is 1. The second kappa shape index (κ2) is 4.97. The van der Waals surface area contributed by atoms with Crippen molar-refractivity contribution in [3.05, 3.63) is 16.1 Å². The average Bonchev–Trinajstić information content (AvgIpc) is 2.77. The molecule has 0 aliphatic heterocycles.